The summed E-state index contributed by atoms with van der Waals surface area (Å²) in [5, 5.41) is 18.2. The van der Waals surface area contributed by atoms with Crippen LogP contribution >= 0.6 is 0 Å². The van der Waals surface area contributed by atoms with Crippen LogP contribution in [-0.2, 0) is 10.8 Å². The molecule has 0 radical (unpaired) electrons. The normalized spacial score (nSPS) is 9.94. The molecule has 0 atom stereocenters. The van der Waals surface area contributed by atoms with Crippen LogP contribution in [0.4, 0.5) is 0 Å². The Hall–Kier alpha value is -0.810. The molecule has 0 amide bonds. The molecule has 3 nitrogen and oxygen atoms in total. The molecular formula is C12H11NaO3S. The number of aromatic hydroxyl groups is 2. The van der Waals surface area contributed by atoms with Crippen LogP contribution in [0.1, 0.15) is 1.43 Å². The number of benzene rings is 2. The van der Waals surface area contributed by atoms with E-state index in [1.807, 2.05) is 0 Å². The van der Waals surface area contributed by atoms with Gasteiger partial charge in [0.15, 0.2) is 0 Å². The van der Waals surface area contributed by atoms with Crippen molar-refractivity contribution in [2.24, 2.45) is 0 Å². The van der Waals surface area contributed by atoms with E-state index in [0.29, 0.717) is 9.79 Å². The van der Waals surface area contributed by atoms with Crippen LogP contribution in [0, 0.1) is 0 Å². The summed E-state index contributed by atoms with van der Waals surface area (Å²) in [5.41, 5.74) is 0. The number of hydrogen-bond acceptors (Lipinski definition) is 3. The molecule has 0 aromatic heterocycles. The van der Waals surface area contributed by atoms with Crippen molar-refractivity contribution in [3.8, 4) is 11.5 Å². The summed E-state index contributed by atoms with van der Waals surface area (Å²) in [7, 11) is -1.29. The van der Waals surface area contributed by atoms with Crippen LogP contribution in [-0.4, -0.2) is 14.4 Å². The number of rotatable bonds is 2. The van der Waals surface area contributed by atoms with E-state index in [4.69, 9.17) is 10.2 Å². The fourth-order valence-electron chi connectivity index (χ4n) is 1.28. The SMILES string of the molecule is O=S(c1ccc(O)cc1)c1ccc(O)cc1.[H-].[Na+]. The van der Waals surface area contributed by atoms with Crippen molar-refractivity contribution in [2.75, 3.05) is 0 Å². The molecule has 0 fully saturated rings. The molecule has 0 aliphatic rings. The monoisotopic (exact) mass is 258 g/mol. The van der Waals surface area contributed by atoms with Crippen molar-refractivity contribution >= 4 is 10.8 Å². The molecule has 0 saturated carbocycles. The molecule has 0 spiro atoms. The molecule has 0 aliphatic heterocycles. The van der Waals surface area contributed by atoms with Gasteiger partial charge in [-0.15, -0.1) is 0 Å². The zero-order chi connectivity index (χ0) is 11.5. The minimum atomic E-state index is -1.29. The van der Waals surface area contributed by atoms with Crippen LogP contribution in [0.25, 0.3) is 0 Å². The second-order valence-electron chi connectivity index (χ2n) is 3.26. The third-order valence-corrected chi connectivity index (χ3v) is 3.50. The maximum Gasteiger partial charge on any atom is 1.00 e. The Morgan fingerprint density at radius 3 is 1.35 bits per heavy atom. The Balaban J connectivity index is 0.00000144. The zero-order valence-corrected chi connectivity index (χ0v) is 12.1. The minimum absolute atomic E-state index is 0. The van der Waals surface area contributed by atoms with E-state index in [-0.39, 0.29) is 42.5 Å². The van der Waals surface area contributed by atoms with E-state index < -0.39 is 10.8 Å². The molecule has 84 valence electrons. The number of phenolic OH excluding ortho intramolecular Hbond substituents is 2. The molecule has 0 saturated heterocycles. The molecule has 0 unspecified atom stereocenters. The molecule has 2 aromatic rings. The summed E-state index contributed by atoms with van der Waals surface area (Å²) < 4.78 is 12.0. The van der Waals surface area contributed by atoms with Gasteiger partial charge in [-0.25, -0.2) is 4.21 Å². The second-order valence-corrected chi connectivity index (χ2v) is 4.74. The van der Waals surface area contributed by atoms with Gasteiger partial charge in [0.1, 0.15) is 11.5 Å². The van der Waals surface area contributed by atoms with Gasteiger partial charge in [-0.05, 0) is 48.5 Å². The van der Waals surface area contributed by atoms with Crippen molar-refractivity contribution in [3.05, 3.63) is 48.5 Å². The average Bonchev–Trinajstić information content (AvgIpc) is 2.30. The zero-order valence-electron chi connectivity index (χ0n) is 10.3. The first-order valence-electron chi connectivity index (χ1n) is 4.66. The molecule has 2 N–H and O–H groups in total. The standard InChI is InChI=1S/C12H10O3S.Na.H/c13-9-1-5-11(6-2-9)16(15)12-7-3-10(14)4-8-12;;/h1-8,13-14H;;/q;+1;-1. The Labute approximate surface area is 125 Å². The van der Waals surface area contributed by atoms with Crippen molar-refractivity contribution in [3.63, 3.8) is 0 Å². The summed E-state index contributed by atoms with van der Waals surface area (Å²) in [6, 6.07) is 12.4. The van der Waals surface area contributed by atoms with Crippen molar-refractivity contribution in [1.82, 2.24) is 0 Å². The molecule has 17 heavy (non-hydrogen) atoms. The first-order chi connectivity index (χ1) is 7.66. The van der Waals surface area contributed by atoms with Gasteiger partial charge < -0.3 is 11.6 Å². The largest absolute Gasteiger partial charge is 1.00 e. The predicted molar refractivity (Wildman–Crippen MR) is 62.0 cm³/mol. The van der Waals surface area contributed by atoms with Gasteiger partial charge in [-0.3, -0.25) is 0 Å². The smallest absolute Gasteiger partial charge is 1.00 e. The minimum Gasteiger partial charge on any atom is -1.00 e. The molecule has 2 rings (SSSR count). The number of hydrogen-bond donors (Lipinski definition) is 2. The molecule has 5 heteroatoms. The quantitative estimate of drug-likeness (QED) is 0.706. The third kappa shape index (κ3) is 3.57. The Bertz CT molecular complexity index is 466. The van der Waals surface area contributed by atoms with Crippen molar-refractivity contribution in [2.45, 2.75) is 9.79 Å². The van der Waals surface area contributed by atoms with E-state index in [1.165, 1.54) is 24.3 Å². The molecular weight excluding hydrogens is 247 g/mol. The maximum atomic E-state index is 12.0. The Kier molecular flexibility index (Phi) is 5.21. The van der Waals surface area contributed by atoms with Gasteiger partial charge in [0.05, 0.1) is 10.8 Å². The molecule has 0 heterocycles. The van der Waals surface area contributed by atoms with Gasteiger partial charge >= 0.3 is 29.6 Å². The van der Waals surface area contributed by atoms with Crippen LogP contribution in [0.15, 0.2) is 58.3 Å². The summed E-state index contributed by atoms with van der Waals surface area (Å²) in [6.45, 7) is 0. The van der Waals surface area contributed by atoms with E-state index in [0.717, 1.165) is 0 Å². The summed E-state index contributed by atoms with van der Waals surface area (Å²) >= 11 is 0. The second kappa shape index (κ2) is 6.21. The van der Waals surface area contributed by atoms with E-state index >= 15 is 0 Å². The first-order valence-corrected chi connectivity index (χ1v) is 5.81. The Morgan fingerprint density at radius 2 is 1.06 bits per heavy atom. The summed E-state index contributed by atoms with van der Waals surface area (Å²) in [4.78, 5) is 1.23. The molecule has 0 bridgehead atoms. The van der Waals surface area contributed by atoms with E-state index in [1.54, 1.807) is 24.3 Å². The Morgan fingerprint density at radius 1 is 0.765 bits per heavy atom. The van der Waals surface area contributed by atoms with Crippen LogP contribution in [0.2, 0.25) is 0 Å². The summed E-state index contributed by atoms with van der Waals surface area (Å²) in [6.07, 6.45) is 0. The van der Waals surface area contributed by atoms with E-state index in [2.05, 4.69) is 0 Å². The fourth-order valence-corrected chi connectivity index (χ4v) is 2.31. The first kappa shape index (κ1) is 14.3. The van der Waals surface area contributed by atoms with Crippen LogP contribution in [0.3, 0.4) is 0 Å². The van der Waals surface area contributed by atoms with Crippen molar-refractivity contribution < 1.29 is 45.4 Å². The summed E-state index contributed by atoms with van der Waals surface area (Å²) in [5.74, 6) is 0.290. The fraction of sp³-hybridized carbons (Fsp3) is 0. The topological polar surface area (TPSA) is 57.5 Å². The van der Waals surface area contributed by atoms with Gasteiger partial charge in [-0.1, -0.05) is 0 Å². The predicted octanol–water partition coefficient (Wildman–Crippen LogP) is -0.619. The third-order valence-electron chi connectivity index (χ3n) is 2.10. The van der Waals surface area contributed by atoms with Gasteiger partial charge in [0.2, 0.25) is 0 Å². The van der Waals surface area contributed by atoms with Crippen molar-refractivity contribution in [1.29, 1.82) is 0 Å². The van der Waals surface area contributed by atoms with Crippen LogP contribution in [0.5, 0.6) is 11.5 Å². The van der Waals surface area contributed by atoms with E-state index in [9.17, 15) is 4.21 Å². The van der Waals surface area contributed by atoms with Gasteiger partial charge in [0.25, 0.3) is 0 Å². The van der Waals surface area contributed by atoms with Gasteiger partial charge in [-0.2, -0.15) is 0 Å². The number of phenols is 2. The maximum absolute atomic E-state index is 12.0. The van der Waals surface area contributed by atoms with Crippen LogP contribution < -0.4 is 29.6 Å². The average molecular weight is 258 g/mol. The molecule has 0 aliphatic carbocycles. The van der Waals surface area contributed by atoms with Gasteiger partial charge in [0, 0.05) is 9.79 Å². The molecule has 2 aromatic carbocycles.